The lowest BCUT2D eigenvalue weighted by molar-refractivity contribution is 0.0597. The number of rotatable bonds is 5. The maximum atomic E-state index is 12.6. The van der Waals surface area contributed by atoms with Crippen LogP contribution in [0.1, 0.15) is 23.7 Å². The molecule has 0 bridgehead atoms. The fourth-order valence-electron chi connectivity index (χ4n) is 2.53. The molecule has 1 heterocycles. The van der Waals surface area contributed by atoms with Crippen LogP contribution in [0.5, 0.6) is 5.75 Å². The molecule has 9 heteroatoms. The molecule has 0 aromatic heterocycles. The highest BCUT2D eigenvalue weighted by Crippen LogP contribution is 2.24. The van der Waals surface area contributed by atoms with Crippen LogP contribution in [0.25, 0.3) is 0 Å². The highest BCUT2D eigenvalue weighted by Gasteiger charge is 2.27. The van der Waals surface area contributed by atoms with Crippen LogP contribution < -0.4 is 14.8 Å². The van der Waals surface area contributed by atoms with Crippen LogP contribution in [0.15, 0.2) is 23.1 Å². The van der Waals surface area contributed by atoms with Gasteiger partial charge in [-0.05, 0) is 31.0 Å². The molecular weight excluding hydrogens is 356 g/mol. The third kappa shape index (κ3) is 4.60. The summed E-state index contributed by atoms with van der Waals surface area (Å²) in [7, 11) is -1.07. The molecule has 1 fully saturated rings. The van der Waals surface area contributed by atoms with Gasteiger partial charge in [0.25, 0.3) is 0 Å². The molecule has 2 unspecified atom stereocenters. The first-order valence-corrected chi connectivity index (χ1v) is 8.86. The second-order valence-corrected chi connectivity index (χ2v) is 7.27. The smallest absolute Gasteiger partial charge is 0.341 e. The topological polar surface area (TPSA) is 93.7 Å². The number of hydrogen-bond donors (Lipinski definition) is 2. The SMILES string of the molecule is COC(=O)c1ccc(S(=O)(=O)NC2CNCCC2C)cc1OC.Cl. The lowest BCUT2D eigenvalue weighted by Crippen LogP contribution is -2.50. The van der Waals surface area contributed by atoms with Crippen LogP contribution in [0.3, 0.4) is 0 Å². The van der Waals surface area contributed by atoms with E-state index >= 15 is 0 Å². The summed E-state index contributed by atoms with van der Waals surface area (Å²) in [5, 5.41) is 3.18. The van der Waals surface area contributed by atoms with E-state index in [9.17, 15) is 13.2 Å². The van der Waals surface area contributed by atoms with Crippen molar-refractivity contribution in [1.82, 2.24) is 10.0 Å². The summed E-state index contributed by atoms with van der Waals surface area (Å²) in [6, 6.07) is 3.93. The molecule has 0 aliphatic carbocycles. The van der Waals surface area contributed by atoms with Crippen molar-refractivity contribution < 1.29 is 22.7 Å². The average Bonchev–Trinajstić information content (AvgIpc) is 2.55. The van der Waals surface area contributed by atoms with Crippen LogP contribution in [-0.4, -0.2) is 47.7 Å². The van der Waals surface area contributed by atoms with Crippen molar-refractivity contribution in [3.63, 3.8) is 0 Å². The first-order chi connectivity index (χ1) is 10.9. The van der Waals surface area contributed by atoms with E-state index in [0.29, 0.717) is 6.54 Å². The van der Waals surface area contributed by atoms with Crippen molar-refractivity contribution in [2.75, 3.05) is 27.3 Å². The van der Waals surface area contributed by atoms with Crippen molar-refractivity contribution >= 4 is 28.4 Å². The van der Waals surface area contributed by atoms with Crippen molar-refractivity contribution in [1.29, 1.82) is 0 Å². The third-order valence-corrected chi connectivity index (χ3v) is 5.51. The zero-order chi connectivity index (χ0) is 17.0. The van der Waals surface area contributed by atoms with Gasteiger partial charge in [-0.3, -0.25) is 0 Å². The number of hydrogen-bond acceptors (Lipinski definition) is 6. The van der Waals surface area contributed by atoms with Crippen molar-refractivity contribution in [3.05, 3.63) is 23.8 Å². The molecule has 7 nitrogen and oxygen atoms in total. The van der Waals surface area contributed by atoms with Crippen LogP contribution >= 0.6 is 12.4 Å². The van der Waals surface area contributed by atoms with Gasteiger partial charge in [-0.2, -0.15) is 0 Å². The Balaban J connectivity index is 0.00000288. The maximum Gasteiger partial charge on any atom is 0.341 e. The fourth-order valence-corrected chi connectivity index (χ4v) is 3.89. The molecule has 1 saturated heterocycles. The van der Waals surface area contributed by atoms with Crippen LogP contribution in [0.2, 0.25) is 0 Å². The highest BCUT2D eigenvalue weighted by atomic mass is 35.5. The molecule has 0 radical (unpaired) electrons. The molecule has 1 aliphatic rings. The molecule has 0 spiro atoms. The Kier molecular flexibility index (Phi) is 7.47. The van der Waals surface area contributed by atoms with Crippen LogP contribution in [-0.2, 0) is 14.8 Å². The lowest BCUT2D eigenvalue weighted by atomic mass is 9.96. The normalized spacial score (nSPS) is 20.8. The number of ether oxygens (including phenoxy) is 2. The molecule has 2 rings (SSSR count). The Morgan fingerprint density at radius 3 is 2.62 bits per heavy atom. The van der Waals surface area contributed by atoms with E-state index in [4.69, 9.17) is 4.74 Å². The van der Waals surface area contributed by atoms with E-state index in [1.165, 1.54) is 32.4 Å². The summed E-state index contributed by atoms with van der Waals surface area (Å²) in [6.45, 7) is 3.51. The van der Waals surface area contributed by atoms with Gasteiger partial charge in [0.15, 0.2) is 0 Å². The Morgan fingerprint density at radius 1 is 1.33 bits per heavy atom. The predicted molar refractivity (Wildman–Crippen MR) is 92.3 cm³/mol. The predicted octanol–water partition coefficient (Wildman–Crippen LogP) is 1.18. The Bertz CT molecular complexity index is 680. The van der Waals surface area contributed by atoms with Crippen molar-refractivity contribution in [3.8, 4) is 5.75 Å². The second-order valence-electron chi connectivity index (χ2n) is 5.55. The van der Waals surface area contributed by atoms with E-state index in [1.807, 2.05) is 6.92 Å². The summed E-state index contributed by atoms with van der Waals surface area (Å²) in [6.07, 6.45) is 0.914. The van der Waals surface area contributed by atoms with Gasteiger partial charge in [-0.15, -0.1) is 12.4 Å². The van der Waals surface area contributed by atoms with E-state index < -0.39 is 16.0 Å². The summed E-state index contributed by atoms with van der Waals surface area (Å²) in [4.78, 5) is 11.7. The minimum atomic E-state index is -3.70. The number of benzene rings is 1. The van der Waals surface area contributed by atoms with Gasteiger partial charge < -0.3 is 14.8 Å². The summed E-state index contributed by atoms with van der Waals surface area (Å²) >= 11 is 0. The number of halogens is 1. The summed E-state index contributed by atoms with van der Waals surface area (Å²) in [5.74, 6) is -0.166. The van der Waals surface area contributed by atoms with E-state index in [2.05, 4.69) is 14.8 Å². The third-order valence-electron chi connectivity index (χ3n) is 4.02. The van der Waals surface area contributed by atoms with Gasteiger partial charge in [0.1, 0.15) is 11.3 Å². The fraction of sp³-hybridized carbons (Fsp3) is 0.533. The molecule has 2 N–H and O–H groups in total. The highest BCUT2D eigenvalue weighted by molar-refractivity contribution is 7.89. The molecule has 136 valence electrons. The number of methoxy groups -OCH3 is 2. The number of sulfonamides is 1. The van der Waals surface area contributed by atoms with Gasteiger partial charge >= 0.3 is 5.97 Å². The largest absolute Gasteiger partial charge is 0.496 e. The Labute approximate surface area is 148 Å². The van der Waals surface area contributed by atoms with Gasteiger partial charge in [0.05, 0.1) is 19.1 Å². The average molecular weight is 379 g/mol. The molecule has 0 amide bonds. The molecule has 0 saturated carbocycles. The number of nitrogens with one attached hydrogen (secondary N) is 2. The van der Waals surface area contributed by atoms with E-state index in [-0.39, 0.29) is 40.6 Å². The molecular formula is C15H23ClN2O5S. The number of esters is 1. The molecule has 1 aromatic carbocycles. The number of carbonyl (C=O) groups excluding carboxylic acids is 1. The Hall–Kier alpha value is -1.35. The molecule has 24 heavy (non-hydrogen) atoms. The zero-order valence-corrected chi connectivity index (χ0v) is 15.5. The number of piperidine rings is 1. The molecule has 1 aliphatic heterocycles. The minimum absolute atomic E-state index is 0. The minimum Gasteiger partial charge on any atom is -0.496 e. The van der Waals surface area contributed by atoms with Crippen LogP contribution in [0.4, 0.5) is 0 Å². The van der Waals surface area contributed by atoms with Gasteiger partial charge in [0, 0.05) is 18.7 Å². The van der Waals surface area contributed by atoms with Gasteiger partial charge in [-0.1, -0.05) is 6.92 Å². The van der Waals surface area contributed by atoms with Crippen LogP contribution in [0, 0.1) is 5.92 Å². The summed E-state index contributed by atoms with van der Waals surface area (Å²) < 4.78 is 37.6. The van der Waals surface area contributed by atoms with Crippen molar-refractivity contribution in [2.45, 2.75) is 24.3 Å². The van der Waals surface area contributed by atoms with E-state index in [1.54, 1.807) is 0 Å². The first-order valence-electron chi connectivity index (χ1n) is 7.38. The second kappa shape index (κ2) is 8.66. The quantitative estimate of drug-likeness (QED) is 0.747. The molecule has 2 atom stereocenters. The monoisotopic (exact) mass is 378 g/mol. The maximum absolute atomic E-state index is 12.6. The number of carbonyl (C=O) groups is 1. The standard InChI is InChI=1S/C15H22N2O5S.ClH/c1-10-6-7-16-9-13(10)17-23(19,20)11-4-5-12(15(18)22-3)14(8-11)21-2;/h4-5,8,10,13,16-17H,6-7,9H2,1-3H3;1H. The summed E-state index contributed by atoms with van der Waals surface area (Å²) in [5.41, 5.74) is 0.182. The Morgan fingerprint density at radius 2 is 2.04 bits per heavy atom. The lowest BCUT2D eigenvalue weighted by Gasteiger charge is -2.30. The first kappa shape index (κ1) is 20.7. The zero-order valence-electron chi connectivity index (χ0n) is 13.9. The van der Waals surface area contributed by atoms with Gasteiger partial charge in [-0.25, -0.2) is 17.9 Å². The van der Waals surface area contributed by atoms with Gasteiger partial charge in [0.2, 0.25) is 10.0 Å². The van der Waals surface area contributed by atoms with E-state index in [0.717, 1.165) is 13.0 Å². The van der Waals surface area contributed by atoms with Crippen molar-refractivity contribution in [2.24, 2.45) is 5.92 Å². The molecule has 1 aromatic rings.